The molecule has 0 saturated carbocycles. The number of nitrogens with zero attached hydrogens (tertiary/aromatic N) is 1. The number of rotatable bonds is 5. The quantitative estimate of drug-likeness (QED) is 0.869. The van der Waals surface area contributed by atoms with Gasteiger partial charge < -0.3 is 5.11 Å². The molecule has 1 heterocycles. The first kappa shape index (κ1) is 12.8. The maximum Gasteiger partial charge on any atom is 0.0512 e. The normalized spacial score (nSPS) is 12.3. The van der Waals surface area contributed by atoms with Crippen LogP contribution in [-0.4, -0.2) is 16.2 Å². The van der Waals surface area contributed by atoms with E-state index in [-0.39, 0.29) is 6.10 Å². The molecule has 1 atom stereocenters. The van der Waals surface area contributed by atoms with Crippen molar-refractivity contribution >= 4 is 0 Å². The van der Waals surface area contributed by atoms with Crippen molar-refractivity contribution in [3.05, 3.63) is 54.4 Å². The van der Waals surface area contributed by atoms with E-state index in [0.29, 0.717) is 0 Å². The Hall–Kier alpha value is -1.67. The minimum absolute atomic E-state index is 0.202. The molecule has 0 saturated heterocycles. The van der Waals surface area contributed by atoms with Gasteiger partial charge in [0.25, 0.3) is 0 Å². The Morgan fingerprint density at radius 2 is 2.00 bits per heavy atom. The van der Waals surface area contributed by atoms with Crippen molar-refractivity contribution in [1.29, 1.82) is 0 Å². The van der Waals surface area contributed by atoms with Gasteiger partial charge in [-0.25, -0.2) is 0 Å². The van der Waals surface area contributed by atoms with Gasteiger partial charge >= 0.3 is 0 Å². The summed E-state index contributed by atoms with van der Waals surface area (Å²) < 4.78 is 0. The van der Waals surface area contributed by atoms with E-state index in [2.05, 4.69) is 35.3 Å². The standard InChI is InChI=1S/C16H19NO/c1-13(18)5-2-6-14-7-3-8-15(11-14)16-9-4-10-17-12-16/h3-4,7-13,18H,2,5-6H2,1H3/t13-/m1/s1. The van der Waals surface area contributed by atoms with Gasteiger partial charge in [-0.2, -0.15) is 0 Å². The highest BCUT2D eigenvalue weighted by Crippen LogP contribution is 2.20. The highest BCUT2D eigenvalue weighted by atomic mass is 16.3. The lowest BCUT2D eigenvalue weighted by atomic mass is 10.0. The summed E-state index contributed by atoms with van der Waals surface area (Å²) in [5.74, 6) is 0. The van der Waals surface area contributed by atoms with Crippen LogP contribution in [0.2, 0.25) is 0 Å². The third-order valence-electron chi connectivity index (χ3n) is 3.01. The van der Waals surface area contributed by atoms with Gasteiger partial charge in [0.2, 0.25) is 0 Å². The molecule has 0 spiro atoms. The van der Waals surface area contributed by atoms with Crippen LogP contribution in [0, 0.1) is 0 Å². The Labute approximate surface area is 108 Å². The van der Waals surface area contributed by atoms with Gasteiger partial charge in [0, 0.05) is 12.4 Å². The summed E-state index contributed by atoms with van der Waals surface area (Å²) in [4.78, 5) is 4.14. The van der Waals surface area contributed by atoms with Crippen LogP contribution in [-0.2, 0) is 6.42 Å². The van der Waals surface area contributed by atoms with Gasteiger partial charge in [-0.1, -0.05) is 30.3 Å². The van der Waals surface area contributed by atoms with Crippen LogP contribution in [0.5, 0.6) is 0 Å². The third kappa shape index (κ3) is 3.67. The van der Waals surface area contributed by atoms with E-state index in [4.69, 9.17) is 0 Å². The van der Waals surface area contributed by atoms with E-state index in [1.165, 1.54) is 11.1 Å². The summed E-state index contributed by atoms with van der Waals surface area (Å²) in [7, 11) is 0. The van der Waals surface area contributed by atoms with E-state index in [1.54, 1.807) is 6.20 Å². The minimum Gasteiger partial charge on any atom is -0.393 e. The second-order valence-electron chi connectivity index (χ2n) is 4.68. The fourth-order valence-corrected chi connectivity index (χ4v) is 2.04. The topological polar surface area (TPSA) is 33.1 Å². The molecule has 0 radical (unpaired) electrons. The van der Waals surface area contributed by atoms with Crippen molar-refractivity contribution in [3.63, 3.8) is 0 Å². The largest absolute Gasteiger partial charge is 0.393 e. The maximum atomic E-state index is 9.25. The average Bonchev–Trinajstić information content (AvgIpc) is 2.40. The first-order valence-corrected chi connectivity index (χ1v) is 6.43. The van der Waals surface area contributed by atoms with Crippen LogP contribution >= 0.6 is 0 Å². The lowest BCUT2D eigenvalue weighted by Gasteiger charge is -2.06. The lowest BCUT2D eigenvalue weighted by Crippen LogP contribution is -1.99. The number of hydrogen-bond acceptors (Lipinski definition) is 2. The zero-order valence-electron chi connectivity index (χ0n) is 10.7. The Morgan fingerprint density at radius 3 is 2.72 bits per heavy atom. The summed E-state index contributed by atoms with van der Waals surface area (Å²) in [6.07, 6.45) is 6.36. The molecule has 1 N–H and O–H groups in total. The number of aromatic nitrogens is 1. The van der Waals surface area contributed by atoms with Gasteiger partial charge in [0.15, 0.2) is 0 Å². The molecule has 18 heavy (non-hydrogen) atoms. The highest BCUT2D eigenvalue weighted by Gasteiger charge is 2.01. The van der Waals surface area contributed by atoms with E-state index in [0.717, 1.165) is 24.8 Å². The molecule has 0 fully saturated rings. The monoisotopic (exact) mass is 241 g/mol. The van der Waals surface area contributed by atoms with Crippen LogP contribution < -0.4 is 0 Å². The Balaban J connectivity index is 2.06. The summed E-state index contributed by atoms with van der Waals surface area (Å²) in [5, 5.41) is 9.25. The molecular weight excluding hydrogens is 222 g/mol. The highest BCUT2D eigenvalue weighted by molar-refractivity contribution is 5.62. The number of pyridine rings is 1. The van der Waals surface area contributed by atoms with E-state index < -0.39 is 0 Å². The number of aliphatic hydroxyl groups is 1. The average molecular weight is 241 g/mol. The van der Waals surface area contributed by atoms with Crippen molar-refractivity contribution in [2.75, 3.05) is 0 Å². The van der Waals surface area contributed by atoms with Crippen LogP contribution in [0.25, 0.3) is 11.1 Å². The molecule has 1 aromatic carbocycles. The van der Waals surface area contributed by atoms with Gasteiger partial charge in [0.05, 0.1) is 6.10 Å². The molecular formula is C16H19NO. The van der Waals surface area contributed by atoms with Crippen LogP contribution in [0.4, 0.5) is 0 Å². The molecule has 2 nitrogen and oxygen atoms in total. The Bertz CT molecular complexity index is 479. The SMILES string of the molecule is C[C@@H](O)CCCc1cccc(-c2cccnc2)c1. The van der Waals surface area contributed by atoms with E-state index in [9.17, 15) is 5.11 Å². The van der Waals surface area contributed by atoms with Gasteiger partial charge in [0.1, 0.15) is 0 Å². The predicted octanol–water partition coefficient (Wildman–Crippen LogP) is 3.45. The first-order chi connectivity index (χ1) is 8.75. The molecule has 2 heteroatoms. The van der Waals surface area contributed by atoms with Crippen molar-refractivity contribution in [2.24, 2.45) is 0 Å². The second-order valence-corrected chi connectivity index (χ2v) is 4.68. The smallest absolute Gasteiger partial charge is 0.0512 e. The van der Waals surface area contributed by atoms with Crippen LogP contribution in [0.1, 0.15) is 25.3 Å². The third-order valence-corrected chi connectivity index (χ3v) is 3.01. The van der Waals surface area contributed by atoms with Gasteiger partial charge in [-0.15, -0.1) is 0 Å². The van der Waals surface area contributed by atoms with Crippen molar-refractivity contribution in [2.45, 2.75) is 32.3 Å². The summed E-state index contributed by atoms with van der Waals surface area (Å²) in [6, 6.07) is 12.6. The van der Waals surface area contributed by atoms with Gasteiger partial charge in [-0.3, -0.25) is 4.98 Å². The second kappa shape index (κ2) is 6.31. The van der Waals surface area contributed by atoms with E-state index >= 15 is 0 Å². The molecule has 2 aromatic rings. The molecule has 0 bridgehead atoms. The fraction of sp³-hybridized carbons (Fsp3) is 0.312. The van der Waals surface area contributed by atoms with Crippen LogP contribution in [0.15, 0.2) is 48.8 Å². The number of hydrogen-bond donors (Lipinski definition) is 1. The first-order valence-electron chi connectivity index (χ1n) is 6.43. The fourth-order valence-electron chi connectivity index (χ4n) is 2.04. The summed E-state index contributed by atoms with van der Waals surface area (Å²) in [5.41, 5.74) is 3.67. The molecule has 0 amide bonds. The lowest BCUT2D eigenvalue weighted by molar-refractivity contribution is 0.182. The zero-order valence-corrected chi connectivity index (χ0v) is 10.7. The van der Waals surface area contributed by atoms with Crippen molar-refractivity contribution < 1.29 is 5.11 Å². The molecule has 0 unspecified atom stereocenters. The molecule has 0 aliphatic heterocycles. The minimum atomic E-state index is -0.202. The molecule has 0 aliphatic carbocycles. The predicted molar refractivity (Wildman–Crippen MR) is 74.3 cm³/mol. The molecule has 0 aliphatic rings. The number of benzene rings is 1. The maximum absolute atomic E-state index is 9.25. The van der Waals surface area contributed by atoms with E-state index in [1.807, 2.05) is 19.2 Å². The number of aliphatic hydroxyl groups excluding tert-OH is 1. The summed E-state index contributed by atoms with van der Waals surface area (Å²) >= 11 is 0. The molecule has 1 aromatic heterocycles. The van der Waals surface area contributed by atoms with Gasteiger partial charge in [-0.05, 0) is 48.9 Å². The Morgan fingerprint density at radius 1 is 1.17 bits per heavy atom. The van der Waals surface area contributed by atoms with Crippen molar-refractivity contribution in [3.8, 4) is 11.1 Å². The zero-order chi connectivity index (χ0) is 12.8. The molecule has 2 rings (SSSR count). The molecule has 94 valence electrons. The van der Waals surface area contributed by atoms with Crippen LogP contribution in [0.3, 0.4) is 0 Å². The Kier molecular flexibility index (Phi) is 4.48. The van der Waals surface area contributed by atoms with Crippen molar-refractivity contribution in [1.82, 2.24) is 4.98 Å². The summed E-state index contributed by atoms with van der Waals surface area (Å²) in [6.45, 7) is 1.84. The number of aryl methyl sites for hydroxylation is 1.